The first-order chi connectivity index (χ1) is 13.2. The highest BCUT2D eigenvalue weighted by molar-refractivity contribution is 6.08. The quantitative estimate of drug-likeness (QED) is 0.706. The van der Waals surface area contributed by atoms with Gasteiger partial charge in [0.2, 0.25) is 0 Å². The number of carbonyl (C=O) groups is 1. The van der Waals surface area contributed by atoms with Crippen LogP contribution in [0, 0.1) is 6.92 Å². The first kappa shape index (κ1) is 19.4. The van der Waals surface area contributed by atoms with Gasteiger partial charge in [0, 0.05) is 6.20 Å². The lowest BCUT2D eigenvalue weighted by atomic mass is 10.1. The Labute approximate surface area is 159 Å². The Morgan fingerprint density at radius 3 is 2.50 bits per heavy atom. The van der Waals surface area contributed by atoms with Crippen LogP contribution >= 0.6 is 0 Å². The molecular formula is C19H18F3N5O. The van der Waals surface area contributed by atoms with Crippen molar-refractivity contribution in [3.63, 3.8) is 0 Å². The van der Waals surface area contributed by atoms with Gasteiger partial charge >= 0.3 is 6.18 Å². The Morgan fingerprint density at radius 2 is 1.93 bits per heavy atom. The Bertz CT molecular complexity index is 1010. The monoisotopic (exact) mass is 389 g/mol. The number of rotatable bonds is 4. The number of aromatic nitrogens is 3. The van der Waals surface area contributed by atoms with Gasteiger partial charge < -0.3 is 11.1 Å². The number of halogens is 3. The van der Waals surface area contributed by atoms with Gasteiger partial charge in [-0.25, -0.2) is 9.67 Å². The zero-order valence-corrected chi connectivity index (χ0v) is 15.2. The Balaban J connectivity index is 1.93. The topological polar surface area (TPSA) is 85.8 Å². The van der Waals surface area contributed by atoms with Crippen LogP contribution in [0.1, 0.15) is 34.1 Å². The van der Waals surface area contributed by atoms with Gasteiger partial charge in [0.05, 0.1) is 16.9 Å². The number of amides is 1. The highest BCUT2D eigenvalue weighted by atomic mass is 19.4. The summed E-state index contributed by atoms with van der Waals surface area (Å²) in [4.78, 5) is 16.4. The largest absolute Gasteiger partial charge is 0.417 e. The van der Waals surface area contributed by atoms with E-state index >= 15 is 0 Å². The zero-order chi connectivity index (χ0) is 20.5. The van der Waals surface area contributed by atoms with E-state index in [1.54, 1.807) is 0 Å². The van der Waals surface area contributed by atoms with Crippen LogP contribution in [0.15, 0.2) is 42.6 Å². The smallest absolute Gasteiger partial charge is 0.383 e. The maximum Gasteiger partial charge on any atom is 0.417 e. The summed E-state index contributed by atoms with van der Waals surface area (Å²) in [7, 11) is 0. The van der Waals surface area contributed by atoms with Gasteiger partial charge in [-0.1, -0.05) is 25.1 Å². The summed E-state index contributed by atoms with van der Waals surface area (Å²) in [6, 6.07) is 9.38. The number of anilines is 2. The van der Waals surface area contributed by atoms with E-state index in [4.69, 9.17) is 5.73 Å². The molecule has 0 fully saturated rings. The van der Waals surface area contributed by atoms with Crippen LogP contribution in [0.3, 0.4) is 0 Å². The van der Waals surface area contributed by atoms with Crippen molar-refractivity contribution in [2.75, 3.05) is 11.1 Å². The van der Waals surface area contributed by atoms with E-state index in [1.807, 2.05) is 38.1 Å². The number of nitrogens with two attached hydrogens (primary N) is 1. The van der Waals surface area contributed by atoms with Crippen molar-refractivity contribution < 1.29 is 18.0 Å². The highest BCUT2D eigenvalue weighted by Gasteiger charge is 2.31. The third-order valence-electron chi connectivity index (χ3n) is 4.23. The molecule has 146 valence electrons. The molecule has 1 amide bonds. The van der Waals surface area contributed by atoms with Gasteiger partial charge in [-0.2, -0.15) is 18.3 Å². The predicted octanol–water partition coefficient (Wildman–Crippen LogP) is 3.99. The molecule has 0 aliphatic rings. The maximum atomic E-state index is 12.7. The molecule has 0 aliphatic carbocycles. The van der Waals surface area contributed by atoms with Crippen molar-refractivity contribution in [1.29, 1.82) is 0 Å². The number of alkyl halides is 3. The first-order valence-electron chi connectivity index (χ1n) is 8.50. The fourth-order valence-corrected chi connectivity index (χ4v) is 2.77. The second-order valence-corrected chi connectivity index (χ2v) is 6.14. The maximum absolute atomic E-state index is 12.7. The van der Waals surface area contributed by atoms with Crippen LogP contribution in [-0.2, 0) is 12.6 Å². The number of nitrogens with zero attached hydrogens (tertiary/aromatic N) is 3. The molecular weight excluding hydrogens is 371 g/mol. The molecule has 0 aliphatic heterocycles. The molecule has 0 radical (unpaired) electrons. The molecule has 1 aromatic carbocycles. The van der Waals surface area contributed by atoms with Crippen LogP contribution in [0.2, 0.25) is 0 Å². The fraction of sp³-hybridized carbons (Fsp3) is 0.211. The van der Waals surface area contributed by atoms with E-state index < -0.39 is 17.6 Å². The second-order valence-electron chi connectivity index (χ2n) is 6.14. The molecule has 2 aromatic heterocycles. The standard InChI is InChI=1S/C19H18F3N5O/c1-3-13-16(17(23)27(26-13)14-7-5-4-6-11(14)2)18(28)25-15-9-8-12(10-24-15)19(20,21)22/h4-10H,3,23H2,1-2H3,(H,24,25,28). The summed E-state index contributed by atoms with van der Waals surface area (Å²) < 4.78 is 39.4. The molecule has 0 saturated heterocycles. The molecule has 0 bridgehead atoms. The summed E-state index contributed by atoms with van der Waals surface area (Å²) in [5, 5.41) is 6.91. The van der Waals surface area contributed by atoms with Crippen LogP contribution in [0.4, 0.5) is 24.8 Å². The van der Waals surface area contributed by atoms with Gasteiger partial charge in [0.25, 0.3) is 5.91 Å². The number of aryl methyl sites for hydroxylation is 2. The molecule has 0 unspecified atom stereocenters. The van der Waals surface area contributed by atoms with Crippen molar-refractivity contribution in [1.82, 2.24) is 14.8 Å². The Hall–Kier alpha value is -3.36. The minimum Gasteiger partial charge on any atom is -0.383 e. The second kappa shape index (κ2) is 7.34. The zero-order valence-electron chi connectivity index (χ0n) is 15.2. The highest BCUT2D eigenvalue weighted by Crippen LogP contribution is 2.29. The average molecular weight is 389 g/mol. The van der Waals surface area contributed by atoms with E-state index in [0.717, 1.165) is 23.4 Å². The molecule has 3 N–H and O–H groups in total. The average Bonchev–Trinajstić information content (AvgIpc) is 2.98. The van der Waals surface area contributed by atoms with Crippen molar-refractivity contribution in [2.24, 2.45) is 0 Å². The Kier molecular flexibility index (Phi) is 5.08. The summed E-state index contributed by atoms with van der Waals surface area (Å²) in [5.41, 5.74) is 7.60. The molecule has 3 aromatic rings. The van der Waals surface area contributed by atoms with Crippen molar-refractivity contribution in [2.45, 2.75) is 26.4 Å². The summed E-state index contributed by atoms with van der Waals surface area (Å²) in [6.45, 7) is 3.73. The van der Waals surface area contributed by atoms with Crippen LogP contribution in [-0.4, -0.2) is 20.7 Å². The number of carbonyl (C=O) groups excluding carboxylic acids is 1. The van der Waals surface area contributed by atoms with E-state index in [9.17, 15) is 18.0 Å². The summed E-state index contributed by atoms with van der Waals surface area (Å²) in [5.74, 6) is -0.444. The minimum absolute atomic E-state index is 0.0110. The normalized spacial score (nSPS) is 11.5. The molecule has 0 atom stereocenters. The van der Waals surface area contributed by atoms with Crippen molar-refractivity contribution in [3.05, 3.63) is 65.0 Å². The van der Waals surface area contributed by atoms with E-state index in [2.05, 4.69) is 15.4 Å². The third kappa shape index (κ3) is 3.68. The molecule has 6 nitrogen and oxygen atoms in total. The number of nitrogen functional groups attached to an aromatic ring is 1. The minimum atomic E-state index is -4.50. The SMILES string of the molecule is CCc1nn(-c2ccccc2C)c(N)c1C(=O)Nc1ccc(C(F)(F)F)cn1. The van der Waals surface area contributed by atoms with E-state index in [1.165, 1.54) is 4.68 Å². The predicted molar refractivity (Wildman–Crippen MR) is 99.3 cm³/mol. The van der Waals surface area contributed by atoms with Crippen LogP contribution in [0.5, 0.6) is 0 Å². The molecule has 28 heavy (non-hydrogen) atoms. The fourth-order valence-electron chi connectivity index (χ4n) is 2.77. The lowest BCUT2D eigenvalue weighted by Crippen LogP contribution is -2.16. The van der Waals surface area contributed by atoms with Gasteiger partial charge in [-0.15, -0.1) is 0 Å². The number of para-hydroxylation sites is 1. The van der Waals surface area contributed by atoms with Crippen molar-refractivity contribution >= 4 is 17.5 Å². The van der Waals surface area contributed by atoms with Crippen LogP contribution in [0.25, 0.3) is 5.69 Å². The number of benzene rings is 1. The van der Waals surface area contributed by atoms with Gasteiger partial charge in [-0.3, -0.25) is 4.79 Å². The lowest BCUT2D eigenvalue weighted by molar-refractivity contribution is -0.137. The van der Waals surface area contributed by atoms with Gasteiger partial charge in [0.1, 0.15) is 17.2 Å². The molecule has 9 heteroatoms. The summed E-state index contributed by atoms with van der Waals surface area (Å²) in [6.07, 6.45) is -3.38. The molecule has 3 rings (SSSR count). The number of nitrogens with one attached hydrogen (secondary N) is 1. The molecule has 2 heterocycles. The van der Waals surface area contributed by atoms with Crippen molar-refractivity contribution in [3.8, 4) is 5.69 Å². The van der Waals surface area contributed by atoms with Gasteiger partial charge in [0.15, 0.2) is 0 Å². The Morgan fingerprint density at radius 1 is 1.21 bits per heavy atom. The van der Waals surface area contributed by atoms with E-state index in [0.29, 0.717) is 18.3 Å². The number of hydrogen-bond acceptors (Lipinski definition) is 4. The molecule has 0 spiro atoms. The van der Waals surface area contributed by atoms with Crippen LogP contribution < -0.4 is 11.1 Å². The van der Waals surface area contributed by atoms with E-state index in [-0.39, 0.29) is 17.2 Å². The number of hydrogen-bond donors (Lipinski definition) is 2. The van der Waals surface area contributed by atoms with Gasteiger partial charge in [-0.05, 0) is 37.1 Å². The number of pyridine rings is 1. The third-order valence-corrected chi connectivity index (χ3v) is 4.23. The lowest BCUT2D eigenvalue weighted by Gasteiger charge is -2.09. The first-order valence-corrected chi connectivity index (χ1v) is 8.50. The molecule has 0 saturated carbocycles. The summed E-state index contributed by atoms with van der Waals surface area (Å²) >= 11 is 0.